The van der Waals surface area contributed by atoms with Gasteiger partial charge in [-0.3, -0.25) is 0 Å². The lowest BCUT2D eigenvalue weighted by Gasteiger charge is -2.41. The van der Waals surface area contributed by atoms with Gasteiger partial charge in [0, 0.05) is 22.1 Å². The normalized spacial score (nSPS) is 19.1. The molecule has 4 rings (SSSR count). The molecular formula is C55H73BN2S. The molecule has 2 aromatic rings. The van der Waals surface area contributed by atoms with E-state index in [1.54, 1.807) is 5.57 Å². The molecule has 2 N–H and O–H groups in total. The molecule has 2 nitrogen and oxygen atoms in total. The molecule has 1 heterocycles. The van der Waals surface area contributed by atoms with Gasteiger partial charge in [-0.05, 0) is 150 Å². The summed E-state index contributed by atoms with van der Waals surface area (Å²) in [5, 5.41) is 9.20. The molecule has 59 heavy (non-hydrogen) atoms. The van der Waals surface area contributed by atoms with E-state index < -0.39 is 0 Å². The summed E-state index contributed by atoms with van der Waals surface area (Å²) in [6, 6.07) is 7.57. The van der Waals surface area contributed by atoms with Gasteiger partial charge in [-0.25, -0.2) is 0 Å². The predicted octanol–water partition coefficient (Wildman–Crippen LogP) is 14.9. The Morgan fingerprint density at radius 2 is 1.66 bits per heavy atom. The van der Waals surface area contributed by atoms with Crippen LogP contribution in [0.4, 0.5) is 0 Å². The fourth-order valence-corrected chi connectivity index (χ4v) is 9.32. The van der Waals surface area contributed by atoms with E-state index in [0.717, 1.165) is 53.7 Å². The number of hydrogen-bond acceptors (Lipinski definition) is 3. The summed E-state index contributed by atoms with van der Waals surface area (Å²) in [4.78, 5) is 0. The van der Waals surface area contributed by atoms with Crippen LogP contribution < -0.4 is 15.4 Å². The maximum atomic E-state index is 4.42. The Bertz CT molecular complexity index is 2110. The highest BCUT2D eigenvalue weighted by molar-refractivity contribution is 7.30. The molecule has 1 atom stereocenters. The number of benzene rings is 1. The summed E-state index contributed by atoms with van der Waals surface area (Å²) in [5.41, 5.74) is 11.7. The van der Waals surface area contributed by atoms with Crippen LogP contribution in [-0.4, -0.2) is 12.8 Å². The SMILES string of the molecule is C=C/C=C\C=C\B(C(=C\NC(/C=C/C/C=C\C=C/C)=C(\C)C=C)/C(=C\C(=C)C)NC1C=CC(CC)=C(C(C)(C)CC)C1)c1cc2cc3c(cc2s1)C(C)(C)CCC3(C)C. The van der Waals surface area contributed by atoms with Crippen LogP contribution in [-0.2, 0) is 10.8 Å². The van der Waals surface area contributed by atoms with Crippen molar-refractivity contribution in [1.82, 2.24) is 10.6 Å². The quantitative estimate of drug-likeness (QED) is 0.109. The van der Waals surface area contributed by atoms with E-state index in [2.05, 4.69) is 191 Å². The standard InChI is InChI=1S/C55H73BN2S/c1-15-20-22-24-25-26-28-49(41(8)17-3)57-39-48(50(34-40(6)7)58-44-30-29-42(18-4)45(37-44)53(9,10)19-5)56(33-27-23-21-16-2)52-36-43-35-46-47(38-51(43)59-52)55(13,14)32-31-54(46,11)12/h15-17,20-24,26-30,33-36,38-39,44,57-58H,2-3,6,18-19,25,31-32,37H2,1,4-5,7-14H3/b20-15-,23-21-,24-22-,28-26+,33-27+,48-39-,49-41+,50-34+. The number of allylic oxidation sites excluding steroid dienone is 17. The molecule has 0 amide bonds. The first-order valence-electron chi connectivity index (χ1n) is 21.8. The highest BCUT2D eigenvalue weighted by atomic mass is 32.1. The maximum absolute atomic E-state index is 4.42. The van der Waals surface area contributed by atoms with Crippen molar-refractivity contribution in [3.8, 4) is 0 Å². The Morgan fingerprint density at radius 1 is 0.949 bits per heavy atom. The van der Waals surface area contributed by atoms with Crippen molar-refractivity contribution in [3.63, 3.8) is 0 Å². The third-order valence-corrected chi connectivity index (χ3v) is 13.6. The van der Waals surface area contributed by atoms with Gasteiger partial charge < -0.3 is 10.6 Å². The van der Waals surface area contributed by atoms with Crippen molar-refractivity contribution >= 4 is 32.9 Å². The van der Waals surface area contributed by atoms with Crippen LogP contribution in [0.1, 0.15) is 126 Å². The number of nitrogens with one attached hydrogen (secondary N) is 2. The number of rotatable bonds is 19. The van der Waals surface area contributed by atoms with Crippen molar-refractivity contribution in [2.24, 2.45) is 5.41 Å². The van der Waals surface area contributed by atoms with Gasteiger partial charge >= 0.3 is 0 Å². The average Bonchev–Trinajstić information content (AvgIpc) is 3.63. The van der Waals surface area contributed by atoms with Crippen molar-refractivity contribution in [1.29, 1.82) is 0 Å². The Balaban J connectivity index is 1.97. The summed E-state index contributed by atoms with van der Waals surface area (Å²) in [7, 11) is 0. The topological polar surface area (TPSA) is 24.1 Å². The first kappa shape index (κ1) is 47.1. The molecule has 1 unspecified atom stereocenters. The second-order valence-electron chi connectivity index (χ2n) is 18.3. The van der Waals surface area contributed by atoms with Gasteiger partial charge in [-0.1, -0.05) is 159 Å². The van der Waals surface area contributed by atoms with Gasteiger partial charge in [0.1, 0.15) is 0 Å². The minimum atomic E-state index is -0.0792. The van der Waals surface area contributed by atoms with Crippen LogP contribution in [0, 0.1) is 5.41 Å². The molecule has 0 bridgehead atoms. The number of fused-ring (bicyclic) bond motifs is 2. The van der Waals surface area contributed by atoms with E-state index >= 15 is 0 Å². The molecule has 2 aliphatic carbocycles. The summed E-state index contributed by atoms with van der Waals surface area (Å²) >= 11 is 1.91. The minimum Gasteiger partial charge on any atom is -0.379 e. The monoisotopic (exact) mass is 805 g/mol. The van der Waals surface area contributed by atoms with Crippen LogP contribution in [0.5, 0.6) is 0 Å². The van der Waals surface area contributed by atoms with Gasteiger partial charge in [-0.2, -0.15) is 0 Å². The van der Waals surface area contributed by atoms with Crippen molar-refractivity contribution < 1.29 is 0 Å². The third kappa shape index (κ3) is 12.3. The molecule has 1 aromatic heterocycles. The van der Waals surface area contributed by atoms with Gasteiger partial charge in [0.25, 0.3) is 6.71 Å². The van der Waals surface area contributed by atoms with E-state index in [1.807, 2.05) is 42.6 Å². The van der Waals surface area contributed by atoms with Crippen LogP contribution >= 0.6 is 11.3 Å². The smallest absolute Gasteiger partial charge is 0.251 e. The molecule has 0 fully saturated rings. The Morgan fingerprint density at radius 3 is 2.29 bits per heavy atom. The first-order valence-corrected chi connectivity index (χ1v) is 22.7. The summed E-state index contributed by atoms with van der Waals surface area (Å²) in [6.07, 6.45) is 38.2. The number of thiophene rings is 1. The molecule has 0 saturated heterocycles. The Kier molecular flexibility index (Phi) is 16.9. The molecule has 312 valence electrons. The molecule has 0 aliphatic heterocycles. The van der Waals surface area contributed by atoms with E-state index in [9.17, 15) is 0 Å². The third-order valence-electron chi connectivity index (χ3n) is 12.4. The molecule has 0 saturated carbocycles. The highest BCUT2D eigenvalue weighted by Gasteiger charge is 2.38. The summed E-state index contributed by atoms with van der Waals surface area (Å²) < 4.78 is 2.63. The van der Waals surface area contributed by atoms with E-state index in [-0.39, 0.29) is 29.0 Å². The zero-order chi connectivity index (χ0) is 43.4. The fourth-order valence-electron chi connectivity index (χ4n) is 8.13. The van der Waals surface area contributed by atoms with Gasteiger partial charge in [-0.15, -0.1) is 17.3 Å². The molecule has 1 aromatic carbocycles. The van der Waals surface area contributed by atoms with Crippen molar-refractivity contribution in [2.45, 2.75) is 132 Å². The molecule has 0 spiro atoms. The lowest BCUT2D eigenvalue weighted by molar-refractivity contribution is 0.332. The van der Waals surface area contributed by atoms with Crippen LogP contribution in [0.25, 0.3) is 10.1 Å². The molecule has 2 aliphatic rings. The molecule has 0 radical (unpaired) electrons. The maximum Gasteiger partial charge on any atom is 0.251 e. The van der Waals surface area contributed by atoms with E-state index in [4.69, 9.17) is 0 Å². The first-order chi connectivity index (χ1) is 28.0. The van der Waals surface area contributed by atoms with Crippen LogP contribution in [0.2, 0.25) is 0 Å². The fraction of sp³-hybridized carbons (Fsp3) is 0.382. The second-order valence-corrected chi connectivity index (χ2v) is 19.4. The molecule has 4 heteroatoms. The summed E-state index contributed by atoms with van der Waals surface area (Å²) in [6.45, 7) is 37.7. The molecular weight excluding hydrogens is 731 g/mol. The van der Waals surface area contributed by atoms with E-state index in [0.29, 0.717) is 0 Å². The lowest BCUT2D eigenvalue weighted by atomic mass is 9.42. The predicted molar refractivity (Wildman–Crippen MR) is 268 cm³/mol. The lowest BCUT2D eigenvalue weighted by Crippen LogP contribution is -2.38. The minimum absolute atomic E-state index is 0.0792. The Hall–Kier alpha value is -4.54. The van der Waals surface area contributed by atoms with Crippen LogP contribution in [0.3, 0.4) is 0 Å². The number of hydrogen-bond donors (Lipinski definition) is 2. The zero-order valence-corrected chi connectivity index (χ0v) is 39.2. The Labute approximate surface area is 364 Å². The van der Waals surface area contributed by atoms with Crippen molar-refractivity contribution in [3.05, 3.63) is 185 Å². The van der Waals surface area contributed by atoms with Gasteiger partial charge in [0.15, 0.2) is 0 Å². The zero-order valence-electron chi connectivity index (χ0n) is 38.4. The van der Waals surface area contributed by atoms with E-state index in [1.165, 1.54) is 44.4 Å². The average molecular weight is 805 g/mol. The highest BCUT2D eigenvalue weighted by Crippen LogP contribution is 2.47. The van der Waals surface area contributed by atoms with Crippen LogP contribution in [0.15, 0.2) is 174 Å². The largest absolute Gasteiger partial charge is 0.379 e. The summed E-state index contributed by atoms with van der Waals surface area (Å²) in [5.74, 6) is 2.34. The van der Waals surface area contributed by atoms with Crippen molar-refractivity contribution in [2.75, 3.05) is 0 Å². The van der Waals surface area contributed by atoms with Gasteiger partial charge in [0.05, 0.1) is 0 Å². The second kappa shape index (κ2) is 21.1. The van der Waals surface area contributed by atoms with Gasteiger partial charge in [0.2, 0.25) is 0 Å².